The van der Waals surface area contributed by atoms with E-state index in [4.69, 9.17) is 10.5 Å². The van der Waals surface area contributed by atoms with Gasteiger partial charge in [0.2, 0.25) is 0 Å². The molecule has 0 aliphatic rings. The number of halogens is 1. The van der Waals surface area contributed by atoms with Crippen molar-refractivity contribution in [2.24, 2.45) is 5.73 Å². The van der Waals surface area contributed by atoms with Crippen molar-refractivity contribution in [1.29, 1.82) is 0 Å². The highest BCUT2D eigenvalue weighted by molar-refractivity contribution is 5.86. The standard InChI is InChI=1S/C12H8FN5O2/c13-8-1-3-9(4-2-8)20-12-15-5-7-6-16-18(11(14)19)10(7)17-12/h1-6H,(H2,14,19). The number of rotatable bonds is 2. The van der Waals surface area contributed by atoms with E-state index in [1.54, 1.807) is 0 Å². The normalized spacial score (nSPS) is 10.7. The van der Waals surface area contributed by atoms with Crippen LogP contribution in [0.1, 0.15) is 0 Å². The van der Waals surface area contributed by atoms with Crippen molar-refractivity contribution in [1.82, 2.24) is 19.7 Å². The summed E-state index contributed by atoms with van der Waals surface area (Å²) in [7, 11) is 0. The van der Waals surface area contributed by atoms with E-state index < -0.39 is 6.03 Å². The van der Waals surface area contributed by atoms with Crippen LogP contribution in [0, 0.1) is 5.82 Å². The molecule has 0 fully saturated rings. The number of ether oxygens (including phenoxy) is 1. The van der Waals surface area contributed by atoms with Crippen LogP contribution in [0.3, 0.4) is 0 Å². The Kier molecular flexibility index (Phi) is 2.75. The maximum atomic E-state index is 12.8. The molecule has 0 unspecified atom stereocenters. The fourth-order valence-electron chi connectivity index (χ4n) is 1.62. The van der Waals surface area contributed by atoms with Gasteiger partial charge in [0, 0.05) is 6.20 Å². The first-order valence-corrected chi connectivity index (χ1v) is 5.57. The van der Waals surface area contributed by atoms with Gasteiger partial charge in [0.15, 0.2) is 5.65 Å². The number of aromatic nitrogens is 4. The second kappa shape index (κ2) is 4.57. The molecule has 8 heteroatoms. The average Bonchev–Trinajstić information content (AvgIpc) is 2.84. The largest absolute Gasteiger partial charge is 0.424 e. The van der Waals surface area contributed by atoms with Gasteiger partial charge in [-0.05, 0) is 24.3 Å². The molecule has 1 aromatic carbocycles. The number of primary amides is 1. The number of benzene rings is 1. The first-order valence-electron chi connectivity index (χ1n) is 5.57. The van der Waals surface area contributed by atoms with E-state index in [-0.39, 0.29) is 17.5 Å². The van der Waals surface area contributed by atoms with Crippen LogP contribution in [-0.4, -0.2) is 25.8 Å². The number of carbonyl (C=O) groups excluding carboxylic acids is 1. The van der Waals surface area contributed by atoms with Gasteiger partial charge in [0.05, 0.1) is 11.6 Å². The summed E-state index contributed by atoms with van der Waals surface area (Å²) < 4.78 is 19.1. The molecule has 0 saturated carbocycles. The Hall–Kier alpha value is -3.03. The molecule has 3 rings (SSSR count). The lowest BCUT2D eigenvalue weighted by Crippen LogP contribution is -2.20. The molecular weight excluding hydrogens is 265 g/mol. The molecule has 20 heavy (non-hydrogen) atoms. The molecule has 1 amide bonds. The van der Waals surface area contributed by atoms with Crippen molar-refractivity contribution in [2.75, 3.05) is 0 Å². The van der Waals surface area contributed by atoms with E-state index in [9.17, 15) is 9.18 Å². The number of hydrogen-bond acceptors (Lipinski definition) is 5. The zero-order chi connectivity index (χ0) is 14.1. The van der Waals surface area contributed by atoms with Crippen LogP contribution < -0.4 is 10.5 Å². The number of nitrogens with two attached hydrogens (primary N) is 1. The van der Waals surface area contributed by atoms with E-state index in [1.807, 2.05) is 0 Å². The van der Waals surface area contributed by atoms with Crippen molar-refractivity contribution in [3.63, 3.8) is 0 Å². The molecule has 7 nitrogen and oxygen atoms in total. The summed E-state index contributed by atoms with van der Waals surface area (Å²) in [4.78, 5) is 19.2. The minimum atomic E-state index is -0.758. The number of nitrogens with zero attached hydrogens (tertiary/aromatic N) is 4. The van der Waals surface area contributed by atoms with E-state index in [1.165, 1.54) is 36.7 Å². The lowest BCUT2D eigenvalue weighted by Gasteiger charge is -2.03. The predicted molar refractivity (Wildman–Crippen MR) is 66.8 cm³/mol. The van der Waals surface area contributed by atoms with Gasteiger partial charge in [-0.25, -0.2) is 14.2 Å². The van der Waals surface area contributed by atoms with Gasteiger partial charge in [-0.2, -0.15) is 14.8 Å². The third kappa shape index (κ3) is 2.14. The van der Waals surface area contributed by atoms with Crippen LogP contribution >= 0.6 is 0 Å². The van der Waals surface area contributed by atoms with Crippen LogP contribution in [0.4, 0.5) is 9.18 Å². The van der Waals surface area contributed by atoms with Gasteiger partial charge in [-0.3, -0.25) is 0 Å². The summed E-state index contributed by atoms with van der Waals surface area (Å²) in [6.45, 7) is 0. The quantitative estimate of drug-likeness (QED) is 0.766. The molecular formula is C12H8FN5O2. The number of hydrogen-bond donors (Lipinski definition) is 1. The number of carbonyl (C=O) groups is 1. The number of fused-ring (bicyclic) bond motifs is 1. The van der Waals surface area contributed by atoms with Gasteiger partial charge < -0.3 is 10.5 Å². The van der Waals surface area contributed by atoms with Crippen LogP contribution in [-0.2, 0) is 0 Å². The molecule has 0 aliphatic heterocycles. The van der Waals surface area contributed by atoms with Crippen LogP contribution in [0.2, 0.25) is 0 Å². The predicted octanol–water partition coefficient (Wildman–Crippen LogP) is 1.68. The van der Waals surface area contributed by atoms with Gasteiger partial charge in [0.25, 0.3) is 0 Å². The topological polar surface area (TPSA) is 95.9 Å². The Morgan fingerprint density at radius 1 is 1.25 bits per heavy atom. The Bertz CT molecular complexity index is 784. The average molecular weight is 273 g/mol. The maximum Gasteiger partial charge on any atom is 0.341 e. The van der Waals surface area contributed by atoms with Crippen LogP contribution in [0.15, 0.2) is 36.7 Å². The molecule has 3 aromatic rings. The SMILES string of the molecule is NC(=O)n1ncc2cnc(Oc3ccc(F)cc3)nc21. The van der Waals surface area contributed by atoms with Gasteiger partial charge >= 0.3 is 12.0 Å². The van der Waals surface area contributed by atoms with Crippen LogP contribution in [0.5, 0.6) is 11.8 Å². The van der Waals surface area contributed by atoms with E-state index >= 15 is 0 Å². The van der Waals surface area contributed by atoms with Gasteiger partial charge in [-0.15, -0.1) is 0 Å². The number of amides is 1. The first-order chi connectivity index (χ1) is 9.63. The van der Waals surface area contributed by atoms with Gasteiger partial charge in [0.1, 0.15) is 11.6 Å². The smallest absolute Gasteiger partial charge is 0.341 e. The van der Waals surface area contributed by atoms with Crippen molar-refractivity contribution in [3.8, 4) is 11.8 Å². The highest BCUT2D eigenvalue weighted by atomic mass is 19.1. The third-order valence-corrected chi connectivity index (χ3v) is 2.52. The monoisotopic (exact) mass is 273 g/mol. The summed E-state index contributed by atoms with van der Waals surface area (Å²) in [5.41, 5.74) is 5.40. The third-order valence-electron chi connectivity index (χ3n) is 2.52. The second-order valence-corrected chi connectivity index (χ2v) is 3.88. The molecule has 0 aliphatic carbocycles. The Balaban J connectivity index is 1.97. The summed E-state index contributed by atoms with van der Waals surface area (Å²) >= 11 is 0. The van der Waals surface area contributed by atoms with Gasteiger partial charge in [-0.1, -0.05) is 0 Å². The molecule has 0 saturated heterocycles. The summed E-state index contributed by atoms with van der Waals surface area (Å²) in [5, 5.41) is 4.34. The van der Waals surface area contributed by atoms with Crippen molar-refractivity contribution >= 4 is 17.1 Å². The molecule has 0 bridgehead atoms. The Labute approximate surface area is 111 Å². The second-order valence-electron chi connectivity index (χ2n) is 3.88. The van der Waals surface area contributed by atoms with E-state index in [2.05, 4.69) is 15.1 Å². The molecule has 0 atom stereocenters. The van der Waals surface area contributed by atoms with Crippen molar-refractivity contribution in [2.45, 2.75) is 0 Å². The first kappa shape index (κ1) is 12.0. The molecule has 0 spiro atoms. The minimum absolute atomic E-state index is 0.00658. The Morgan fingerprint density at radius 3 is 2.70 bits per heavy atom. The van der Waals surface area contributed by atoms with E-state index in [0.29, 0.717) is 11.1 Å². The van der Waals surface area contributed by atoms with Crippen molar-refractivity contribution < 1.29 is 13.9 Å². The lowest BCUT2D eigenvalue weighted by atomic mass is 10.3. The summed E-state index contributed by atoms with van der Waals surface area (Å²) in [5.74, 6) is -0.00332. The molecule has 100 valence electrons. The minimum Gasteiger partial charge on any atom is -0.424 e. The zero-order valence-corrected chi connectivity index (χ0v) is 10.0. The van der Waals surface area contributed by atoms with Crippen molar-refractivity contribution in [3.05, 3.63) is 42.5 Å². The van der Waals surface area contributed by atoms with E-state index in [0.717, 1.165) is 4.68 Å². The molecule has 0 radical (unpaired) electrons. The Morgan fingerprint density at radius 2 is 2.00 bits per heavy atom. The highest BCUT2D eigenvalue weighted by Crippen LogP contribution is 2.20. The fraction of sp³-hybridized carbons (Fsp3) is 0. The molecule has 2 heterocycles. The lowest BCUT2D eigenvalue weighted by molar-refractivity contribution is 0.248. The zero-order valence-electron chi connectivity index (χ0n) is 10.0. The summed E-state index contributed by atoms with van der Waals surface area (Å²) in [6, 6.07) is 4.63. The maximum absolute atomic E-state index is 12.8. The molecule has 2 aromatic heterocycles. The van der Waals surface area contributed by atoms with Crippen LogP contribution in [0.25, 0.3) is 11.0 Å². The fourth-order valence-corrected chi connectivity index (χ4v) is 1.62. The highest BCUT2D eigenvalue weighted by Gasteiger charge is 2.11. The molecule has 2 N–H and O–H groups in total. The summed E-state index contributed by atoms with van der Waals surface area (Å²) in [6.07, 6.45) is 2.87.